The fourth-order valence-electron chi connectivity index (χ4n) is 3.32. The first-order chi connectivity index (χ1) is 12.9. The first-order valence-corrected chi connectivity index (χ1v) is 9.39. The van der Waals surface area contributed by atoms with Crippen molar-refractivity contribution in [2.24, 2.45) is 5.92 Å². The molecule has 1 saturated heterocycles. The number of nitrogens with one attached hydrogen (secondary N) is 1. The SMILES string of the molecule is CC(=O)c1cccc(NC(=O)C2CCN(Cc3c(F)cccc3Cl)CC2)c1. The van der Waals surface area contributed by atoms with E-state index in [0.717, 1.165) is 0 Å². The Bertz CT molecular complexity index is 828. The van der Waals surface area contributed by atoms with Crippen molar-refractivity contribution in [3.8, 4) is 0 Å². The van der Waals surface area contributed by atoms with Crippen molar-refractivity contribution in [3.05, 3.63) is 64.4 Å². The van der Waals surface area contributed by atoms with E-state index in [2.05, 4.69) is 10.2 Å². The summed E-state index contributed by atoms with van der Waals surface area (Å²) in [5, 5.41) is 3.33. The number of carbonyl (C=O) groups excluding carboxylic acids is 2. The molecule has 0 radical (unpaired) electrons. The quantitative estimate of drug-likeness (QED) is 0.765. The van der Waals surface area contributed by atoms with Gasteiger partial charge in [0, 0.05) is 34.3 Å². The molecular formula is C21H22ClFN2O2. The molecule has 3 rings (SSSR count). The second-order valence-electron chi connectivity index (χ2n) is 6.88. The van der Waals surface area contributed by atoms with Crippen LogP contribution in [0.1, 0.15) is 35.7 Å². The van der Waals surface area contributed by atoms with E-state index < -0.39 is 0 Å². The molecule has 0 aliphatic carbocycles. The van der Waals surface area contributed by atoms with Gasteiger partial charge in [0.05, 0.1) is 0 Å². The summed E-state index contributed by atoms with van der Waals surface area (Å²) in [7, 11) is 0. The van der Waals surface area contributed by atoms with Gasteiger partial charge in [-0.3, -0.25) is 14.5 Å². The van der Waals surface area contributed by atoms with Gasteiger partial charge in [-0.25, -0.2) is 4.39 Å². The second kappa shape index (κ2) is 8.63. The lowest BCUT2D eigenvalue weighted by Gasteiger charge is -2.31. The normalized spacial score (nSPS) is 15.5. The Labute approximate surface area is 163 Å². The van der Waals surface area contributed by atoms with Gasteiger partial charge in [-0.05, 0) is 57.1 Å². The Hall–Kier alpha value is -2.24. The van der Waals surface area contributed by atoms with E-state index in [0.29, 0.717) is 54.3 Å². The molecule has 6 heteroatoms. The number of halogens is 2. The number of nitrogens with zero attached hydrogens (tertiary/aromatic N) is 1. The summed E-state index contributed by atoms with van der Waals surface area (Å²) in [5.74, 6) is -0.475. The average molecular weight is 389 g/mol. The van der Waals surface area contributed by atoms with E-state index in [1.165, 1.54) is 13.0 Å². The average Bonchev–Trinajstić information content (AvgIpc) is 2.65. The van der Waals surface area contributed by atoms with Crippen molar-refractivity contribution >= 4 is 29.0 Å². The van der Waals surface area contributed by atoms with Gasteiger partial charge in [0.25, 0.3) is 0 Å². The predicted molar refractivity (Wildman–Crippen MR) is 104 cm³/mol. The molecule has 1 amide bonds. The molecule has 0 spiro atoms. The van der Waals surface area contributed by atoms with Crippen LogP contribution in [0.3, 0.4) is 0 Å². The van der Waals surface area contributed by atoms with Crippen LogP contribution in [-0.4, -0.2) is 29.7 Å². The monoisotopic (exact) mass is 388 g/mol. The third-order valence-corrected chi connectivity index (χ3v) is 5.29. The number of likely N-dealkylation sites (tertiary alicyclic amines) is 1. The lowest BCUT2D eigenvalue weighted by Crippen LogP contribution is -2.38. The molecule has 2 aromatic rings. The van der Waals surface area contributed by atoms with Crippen LogP contribution in [0.15, 0.2) is 42.5 Å². The number of ketones is 1. The Morgan fingerprint density at radius 3 is 2.56 bits per heavy atom. The fourth-order valence-corrected chi connectivity index (χ4v) is 3.54. The minimum atomic E-state index is -0.298. The van der Waals surface area contributed by atoms with Gasteiger partial charge in [-0.2, -0.15) is 0 Å². The summed E-state index contributed by atoms with van der Waals surface area (Å²) in [5.41, 5.74) is 1.71. The molecule has 142 valence electrons. The van der Waals surface area contributed by atoms with Crippen LogP contribution in [0.4, 0.5) is 10.1 Å². The highest BCUT2D eigenvalue weighted by Gasteiger charge is 2.26. The molecule has 0 atom stereocenters. The molecule has 0 bridgehead atoms. The molecule has 1 heterocycles. The zero-order chi connectivity index (χ0) is 19.4. The molecule has 2 aromatic carbocycles. The van der Waals surface area contributed by atoms with Gasteiger partial charge >= 0.3 is 0 Å². The van der Waals surface area contributed by atoms with Crippen LogP contribution in [-0.2, 0) is 11.3 Å². The van der Waals surface area contributed by atoms with Crippen molar-refractivity contribution in [3.63, 3.8) is 0 Å². The Morgan fingerprint density at radius 2 is 1.89 bits per heavy atom. The minimum absolute atomic E-state index is 0.0359. The summed E-state index contributed by atoms with van der Waals surface area (Å²) < 4.78 is 13.9. The van der Waals surface area contributed by atoms with Gasteiger partial charge in [0.2, 0.25) is 5.91 Å². The van der Waals surface area contributed by atoms with Crippen LogP contribution in [0.5, 0.6) is 0 Å². The maximum absolute atomic E-state index is 13.9. The highest BCUT2D eigenvalue weighted by molar-refractivity contribution is 6.31. The van der Waals surface area contributed by atoms with E-state index >= 15 is 0 Å². The molecule has 1 aliphatic heterocycles. The molecule has 0 unspecified atom stereocenters. The highest BCUT2D eigenvalue weighted by atomic mass is 35.5. The van der Waals surface area contributed by atoms with Crippen molar-refractivity contribution in [2.75, 3.05) is 18.4 Å². The maximum Gasteiger partial charge on any atom is 0.227 e. The summed E-state index contributed by atoms with van der Waals surface area (Å²) in [6.45, 7) is 3.35. The van der Waals surface area contributed by atoms with Gasteiger partial charge in [-0.1, -0.05) is 29.8 Å². The number of anilines is 1. The summed E-state index contributed by atoms with van der Waals surface area (Å²) in [6, 6.07) is 11.7. The van der Waals surface area contributed by atoms with Crippen LogP contribution in [0.25, 0.3) is 0 Å². The third-order valence-electron chi connectivity index (χ3n) is 4.94. The number of hydrogen-bond acceptors (Lipinski definition) is 3. The molecule has 4 nitrogen and oxygen atoms in total. The third kappa shape index (κ3) is 4.93. The van der Waals surface area contributed by atoms with Crippen molar-refractivity contribution < 1.29 is 14.0 Å². The van der Waals surface area contributed by atoms with E-state index in [4.69, 9.17) is 11.6 Å². The lowest BCUT2D eigenvalue weighted by molar-refractivity contribution is -0.121. The van der Waals surface area contributed by atoms with Crippen molar-refractivity contribution in [1.29, 1.82) is 0 Å². The summed E-state index contributed by atoms with van der Waals surface area (Å²) in [6.07, 6.45) is 1.40. The molecule has 1 aliphatic rings. The van der Waals surface area contributed by atoms with E-state index in [-0.39, 0.29) is 23.4 Å². The summed E-state index contributed by atoms with van der Waals surface area (Å²) in [4.78, 5) is 26.1. The number of rotatable bonds is 5. The predicted octanol–water partition coefficient (Wildman–Crippen LogP) is 4.53. The molecule has 0 aromatic heterocycles. The van der Waals surface area contributed by atoms with Gasteiger partial charge < -0.3 is 5.32 Å². The number of Topliss-reactive ketones (excluding diaryl/α,β-unsaturated/α-hetero) is 1. The molecule has 27 heavy (non-hydrogen) atoms. The molecule has 1 N–H and O–H groups in total. The highest BCUT2D eigenvalue weighted by Crippen LogP contribution is 2.25. The zero-order valence-electron chi connectivity index (χ0n) is 15.2. The van der Waals surface area contributed by atoms with Gasteiger partial charge in [0.1, 0.15) is 5.82 Å². The smallest absolute Gasteiger partial charge is 0.227 e. The van der Waals surface area contributed by atoms with Crippen LogP contribution >= 0.6 is 11.6 Å². The standard InChI is InChI=1S/C21H22ClFN2O2/c1-14(26)16-4-2-5-17(12-16)24-21(27)15-8-10-25(11-9-15)13-18-19(22)6-3-7-20(18)23/h2-7,12,15H,8-11,13H2,1H3,(H,24,27). The van der Waals surface area contributed by atoms with Crippen molar-refractivity contribution in [2.45, 2.75) is 26.3 Å². The second-order valence-corrected chi connectivity index (χ2v) is 7.28. The number of carbonyl (C=O) groups is 2. The van der Waals surface area contributed by atoms with E-state index in [1.807, 2.05) is 0 Å². The molecule has 1 fully saturated rings. The van der Waals surface area contributed by atoms with Crippen LogP contribution in [0.2, 0.25) is 5.02 Å². The minimum Gasteiger partial charge on any atom is -0.326 e. The Kier molecular flexibility index (Phi) is 6.24. The molecular weight excluding hydrogens is 367 g/mol. The van der Waals surface area contributed by atoms with E-state index in [9.17, 15) is 14.0 Å². The largest absolute Gasteiger partial charge is 0.326 e. The first-order valence-electron chi connectivity index (χ1n) is 9.01. The number of piperidine rings is 1. The summed E-state index contributed by atoms with van der Waals surface area (Å²) >= 11 is 6.10. The Balaban J connectivity index is 1.55. The van der Waals surface area contributed by atoms with E-state index in [1.54, 1.807) is 36.4 Å². The lowest BCUT2D eigenvalue weighted by atomic mass is 9.95. The molecule has 0 saturated carbocycles. The Morgan fingerprint density at radius 1 is 1.19 bits per heavy atom. The van der Waals surface area contributed by atoms with Crippen LogP contribution < -0.4 is 5.32 Å². The van der Waals surface area contributed by atoms with Gasteiger partial charge in [0.15, 0.2) is 5.78 Å². The van der Waals surface area contributed by atoms with Crippen molar-refractivity contribution in [1.82, 2.24) is 4.90 Å². The first kappa shape index (κ1) is 19.5. The van der Waals surface area contributed by atoms with Crippen LogP contribution in [0, 0.1) is 11.7 Å². The van der Waals surface area contributed by atoms with Gasteiger partial charge in [-0.15, -0.1) is 0 Å². The zero-order valence-corrected chi connectivity index (χ0v) is 15.9. The fraction of sp³-hybridized carbons (Fsp3) is 0.333. The topological polar surface area (TPSA) is 49.4 Å². The number of hydrogen-bond donors (Lipinski definition) is 1. The maximum atomic E-state index is 13.9. The number of benzene rings is 2. The number of amides is 1.